The maximum Gasteiger partial charge on any atom is 0.280 e. The molecule has 0 amide bonds. The number of nitrogens with one attached hydrogen (secondary N) is 1. The summed E-state index contributed by atoms with van der Waals surface area (Å²) >= 11 is 0. The molecule has 0 saturated carbocycles. The Labute approximate surface area is 120 Å². The molecule has 3 rings (SSSR count). The van der Waals surface area contributed by atoms with Gasteiger partial charge in [-0.05, 0) is 18.6 Å². The first-order valence-electron chi connectivity index (χ1n) is 6.38. The van der Waals surface area contributed by atoms with Crippen molar-refractivity contribution >= 4 is 5.69 Å². The number of hydrogen-bond acceptors (Lipinski definition) is 4. The van der Waals surface area contributed by atoms with Gasteiger partial charge in [-0.15, -0.1) is 0 Å². The van der Waals surface area contributed by atoms with Gasteiger partial charge in [-0.25, -0.2) is 4.98 Å². The molecule has 104 valence electrons. The largest absolute Gasteiger partial charge is 0.280 e. The van der Waals surface area contributed by atoms with Crippen LogP contribution in [0.4, 0.5) is 5.69 Å². The van der Waals surface area contributed by atoms with Crippen molar-refractivity contribution in [2.24, 2.45) is 0 Å². The number of aromatic nitrogens is 3. The van der Waals surface area contributed by atoms with Crippen molar-refractivity contribution in [3.05, 3.63) is 64.2 Å². The lowest BCUT2D eigenvalue weighted by Crippen LogP contribution is -1.93. The molecule has 0 unspecified atom stereocenters. The van der Waals surface area contributed by atoms with Crippen LogP contribution in [0.2, 0.25) is 0 Å². The van der Waals surface area contributed by atoms with E-state index >= 15 is 0 Å². The lowest BCUT2D eigenvalue weighted by molar-refractivity contribution is -0.384. The molecule has 1 N–H and O–H groups in total. The topological polar surface area (TPSA) is 84.7 Å². The minimum atomic E-state index is -0.417. The number of nitrogens with zero attached hydrogens (tertiary/aromatic N) is 3. The van der Waals surface area contributed by atoms with E-state index in [1.165, 1.54) is 6.07 Å². The zero-order chi connectivity index (χ0) is 14.8. The molecular weight excluding hydrogens is 268 g/mol. The summed E-state index contributed by atoms with van der Waals surface area (Å²) in [6.07, 6.45) is 0. The maximum atomic E-state index is 11.1. The Morgan fingerprint density at radius 1 is 1.14 bits per heavy atom. The Morgan fingerprint density at radius 3 is 2.62 bits per heavy atom. The van der Waals surface area contributed by atoms with Crippen molar-refractivity contribution in [3.63, 3.8) is 0 Å². The summed E-state index contributed by atoms with van der Waals surface area (Å²) in [6.45, 7) is 1.88. The van der Waals surface area contributed by atoms with Crippen molar-refractivity contribution in [2.45, 2.75) is 6.92 Å². The van der Waals surface area contributed by atoms with E-state index < -0.39 is 4.92 Å². The van der Waals surface area contributed by atoms with Gasteiger partial charge >= 0.3 is 0 Å². The van der Waals surface area contributed by atoms with Crippen LogP contribution in [0.15, 0.2) is 48.5 Å². The summed E-state index contributed by atoms with van der Waals surface area (Å²) < 4.78 is 0. The SMILES string of the molecule is Cc1ccc([N+](=O)[O-])c(-c2nc(-c3ccccc3)n[nH]2)c1. The highest BCUT2D eigenvalue weighted by Crippen LogP contribution is 2.29. The van der Waals surface area contributed by atoms with Crippen LogP contribution in [0.25, 0.3) is 22.8 Å². The van der Waals surface area contributed by atoms with Gasteiger partial charge in [0.25, 0.3) is 5.69 Å². The van der Waals surface area contributed by atoms with E-state index in [2.05, 4.69) is 15.2 Å². The summed E-state index contributed by atoms with van der Waals surface area (Å²) in [5.41, 5.74) is 2.23. The van der Waals surface area contributed by atoms with Crippen LogP contribution in [0.1, 0.15) is 5.56 Å². The van der Waals surface area contributed by atoms with Crippen LogP contribution >= 0.6 is 0 Å². The van der Waals surface area contributed by atoms with Crippen LogP contribution in [0.5, 0.6) is 0 Å². The molecule has 0 aliphatic carbocycles. The minimum absolute atomic E-state index is 0.0105. The molecule has 0 atom stereocenters. The average Bonchev–Trinajstić information content (AvgIpc) is 2.97. The summed E-state index contributed by atoms with van der Waals surface area (Å²) in [4.78, 5) is 15.1. The highest BCUT2D eigenvalue weighted by Gasteiger charge is 2.18. The van der Waals surface area contributed by atoms with Crippen LogP contribution in [0.3, 0.4) is 0 Å². The number of nitro benzene ring substituents is 1. The summed E-state index contributed by atoms with van der Waals surface area (Å²) in [5.74, 6) is 0.908. The molecule has 0 aliphatic heterocycles. The second-order valence-corrected chi connectivity index (χ2v) is 4.65. The molecule has 1 heterocycles. The third-order valence-electron chi connectivity index (χ3n) is 3.12. The Balaban J connectivity index is 2.08. The van der Waals surface area contributed by atoms with Gasteiger partial charge in [-0.1, -0.05) is 36.4 Å². The van der Waals surface area contributed by atoms with E-state index in [-0.39, 0.29) is 5.69 Å². The normalized spacial score (nSPS) is 10.5. The van der Waals surface area contributed by atoms with Gasteiger partial charge in [-0.2, -0.15) is 5.10 Å². The number of benzene rings is 2. The monoisotopic (exact) mass is 280 g/mol. The van der Waals surface area contributed by atoms with Crippen LogP contribution in [-0.4, -0.2) is 20.1 Å². The fourth-order valence-corrected chi connectivity index (χ4v) is 2.10. The first-order valence-corrected chi connectivity index (χ1v) is 6.38. The number of aromatic amines is 1. The molecule has 0 saturated heterocycles. The highest BCUT2D eigenvalue weighted by atomic mass is 16.6. The molecule has 2 aromatic carbocycles. The minimum Gasteiger partial charge on any atom is -0.258 e. The third kappa shape index (κ3) is 2.51. The van der Waals surface area contributed by atoms with E-state index in [4.69, 9.17) is 0 Å². The molecule has 21 heavy (non-hydrogen) atoms. The van der Waals surface area contributed by atoms with E-state index in [1.807, 2.05) is 37.3 Å². The number of aryl methyl sites for hydroxylation is 1. The summed E-state index contributed by atoms with van der Waals surface area (Å²) in [5, 5.41) is 18.0. The Kier molecular flexibility index (Phi) is 3.19. The molecule has 6 nitrogen and oxygen atoms in total. The van der Waals surface area contributed by atoms with Crippen molar-refractivity contribution in [1.82, 2.24) is 15.2 Å². The molecule has 0 fully saturated rings. The Bertz CT molecular complexity index is 796. The van der Waals surface area contributed by atoms with E-state index in [9.17, 15) is 10.1 Å². The van der Waals surface area contributed by atoms with Gasteiger partial charge in [0.2, 0.25) is 0 Å². The van der Waals surface area contributed by atoms with Crippen molar-refractivity contribution in [2.75, 3.05) is 0 Å². The molecule has 1 aromatic heterocycles. The van der Waals surface area contributed by atoms with Gasteiger partial charge in [0.15, 0.2) is 11.6 Å². The fraction of sp³-hybridized carbons (Fsp3) is 0.0667. The lowest BCUT2D eigenvalue weighted by Gasteiger charge is -2.00. The first kappa shape index (κ1) is 13.0. The van der Waals surface area contributed by atoms with Crippen molar-refractivity contribution in [1.29, 1.82) is 0 Å². The zero-order valence-corrected chi connectivity index (χ0v) is 11.3. The van der Waals surface area contributed by atoms with Gasteiger partial charge in [-0.3, -0.25) is 15.2 Å². The number of hydrogen-bond donors (Lipinski definition) is 1. The molecule has 3 aromatic rings. The number of H-pyrrole nitrogens is 1. The van der Waals surface area contributed by atoms with Crippen LogP contribution in [-0.2, 0) is 0 Å². The van der Waals surface area contributed by atoms with E-state index in [1.54, 1.807) is 12.1 Å². The number of nitro groups is 1. The van der Waals surface area contributed by atoms with Gasteiger partial charge in [0.05, 0.1) is 10.5 Å². The van der Waals surface area contributed by atoms with E-state index in [0.717, 1.165) is 11.1 Å². The summed E-state index contributed by atoms with van der Waals surface area (Å²) in [7, 11) is 0. The summed E-state index contributed by atoms with van der Waals surface area (Å²) in [6, 6.07) is 14.4. The average molecular weight is 280 g/mol. The Hall–Kier alpha value is -3.02. The molecule has 0 aliphatic rings. The van der Waals surface area contributed by atoms with Gasteiger partial charge in [0, 0.05) is 11.6 Å². The van der Waals surface area contributed by atoms with Crippen molar-refractivity contribution in [3.8, 4) is 22.8 Å². The quantitative estimate of drug-likeness (QED) is 0.589. The second kappa shape index (κ2) is 5.16. The van der Waals surface area contributed by atoms with Gasteiger partial charge < -0.3 is 0 Å². The molecular formula is C15H12N4O2. The predicted molar refractivity (Wildman–Crippen MR) is 78.6 cm³/mol. The lowest BCUT2D eigenvalue weighted by atomic mass is 10.1. The number of rotatable bonds is 3. The maximum absolute atomic E-state index is 11.1. The predicted octanol–water partition coefficient (Wildman–Crippen LogP) is 3.36. The molecule has 0 bridgehead atoms. The second-order valence-electron chi connectivity index (χ2n) is 4.65. The van der Waals surface area contributed by atoms with Crippen LogP contribution in [0, 0.1) is 17.0 Å². The van der Waals surface area contributed by atoms with E-state index in [0.29, 0.717) is 17.2 Å². The highest BCUT2D eigenvalue weighted by molar-refractivity contribution is 5.70. The third-order valence-corrected chi connectivity index (χ3v) is 3.12. The molecule has 0 radical (unpaired) electrons. The molecule has 0 spiro atoms. The standard InChI is InChI=1S/C15H12N4O2/c1-10-7-8-13(19(20)21)12(9-10)15-16-14(17-18-15)11-5-3-2-4-6-11/h2-9H,1H3,(H,16,17,18). The van der Waals surface area contributed by atoms with Gasteiger partial charge in [0.1, 0.15) is 0 Å². The molecule has 6 heteroatoms. The van der Waals surface area contributed by atoms with Crippen molar-refractivity contribution < 1.29 is 4.92 Å². The zero-order valence-electron chi connectivity index (χ0n) is 11.3. The van der Waals surface area contributed by atoms with Crippen LogP contribution < -0.4 is 0 Å². The fourth-order valence-electron chi connectivity index (χ4n) is 2.10. The smallest absolute Gasteiger partial charge is 0.258 e. The Morgan fingerprint density at radius 2 is 1.90 bits per heavy atom. The first-order chi connectivity index (χ1) is 10.1.